The first-order valence-corrected chi connectivity index (χ1v) is 11.1. The van der Waals surface area contributed by atoms with Gasteiger partial charge in [-0.05, 0) is 65.4 Å². The molecule has 5 nitrogen and oxygen atoms in total. The minimum atomic E-state index is -0.589. The maximum absolute atomic E-state index is 13.2. The zero-order valence-corrected chi connectivity index (χ0v) is 19.1. The molecule has 3 aromatic rings. The summed E-state index contributed by atoms with van der Waals surface area (Å²) in [5.41, 5.74) is 1.35. The Labute approximate surface area is 202 Å². The summed E-state index contributed by atoms with van der Waals surface area (Å²) < 4.78 is 18.6. The fourth-order valence-corrected chi connectivity index (χ4v) is 4.31. The normalized spacial score (nSPS) is 14.8. The van der Waals surface area contributed by atoms with E-state index < -0.39 is 22.9 Å². The number of halogens is 3. The van der Waals surface area contributed by atoms with Crippen molar-refractivity contribution in [3.8, 4) is 5.75 Å². The Morgan fingerprint density at radius 3 is 2.42 bits per heavy atom. The quantitative estimate of drug-likeness (QED) is 0.224. The van der Waals surface area contributed by atoms with Crippen molar-refractivity contribution in [1.29, 1.82) is 0 Å². The zero-order valence-electron chi connectivity index (χ0n) is 16.8. The molecule has 0 radical (unpaired) electrons. The highest BCUT2D eigenvalue weighted by atomic mass is 35.5. The van der Waals surface area contributed by atoms with Crippen LogP contribution in [0.15, 0.2) is 71.6 Å². The van der Waals surface area contributed by atoms with Gasteiger partial charge in [0.25, 0.3) is 11.1 Å². The van der Waals surface area contributed by atoms with Gasteiger partial charge in [-0.2, -0.15) is 0 Å². The largest absolute Gasteiger partial charge is 0.423 e. The van der Waals surface area contributed by atoms with Crippen LogP contribution in [-0.4, -0.2) is 22.0 Å². The van der Waals surface area contributed by atoms with Gasteiger partial charge in [0.2, 0.25) is 0 Å². The van der Waals surface area contributed by atoms with Gasteiger partial charge >= 0.3 is 5.97 Å². The van der Waals surface area contributed by atoms with Gasteiger partial charge in [0.1, 0.15) is 11.6 Å². The van der Waals surface area contributed by atoms with Gasteiger partial charge in [0.15, 0.2) is 0 Å². The second kappa shape index (κ2) is 9.79. The van der Waals surface area contributed by atoms with Crippen molar-refractivity contribution in [1.82, 2.24) is 4.90 Å². The molecule has 0 N–H and O–H groups in total. The molecule has 0 aromatic heterocycles. The van der Waals surface area contributed by atoms with E-state index in [0.717, 1.165) is 22.7 Å². The van der Waals surface area contributed by atoms with Gasteiger partial charge in [-0.1, -0.05) is 53.5 Å². The summed E-state index contributed by atoms with van der Waals surface area (Å²) in [4.78, 5) is 38.6. The monoisotopic (exact) mass is 501 g/mol. The number of esters is 1. The average molecular weight is 502 g/mol. The summed E-state index contributed by atoms with van der Waals surface area (Å²) in [5.74, 6) is -1.26. The molecule has 4 rings (SSSR count). The molecule has 1 heterocycles. The molecule has 33 heavy (non-hydrogen) atoms. The van der Waals surface area contributed by atoms with Crippen LogP contribution in [0.25, 0.3) is 6.08 Å². The van der Waals surface area contributed by atoms with Crippen molar-refractivity contribution in [2.45, 2.75) is 6.54 Å². The van der Waals surface area contributed by atoms with Crippen molar-refractivity contribution in [2.24, 2.45) is 0 Å². The fourth-order valence-electron chi connectivity index (χ4n) is 3.03. The average Bonchev–Trinajstić information content (AvgIpc) is 3.04. The molecule has 1 saturated heterocycles. The molecule has 0 bridgehead atoms. The van der Waals surface area contributed by atoms with Gasteiger partial charge in [-0.3, -0.25) is 14.5 Å². The Balaban J connectivity index is 1.45. The van der Waals surface area contributed by atoms with Crippen LogP contribution in [0.2, 0.25) is 10.0 Å². The second-order valence-electron chi connectivity index (χ2n) is 6.94. The number of hydrogen-bond acceptors (Lipinski definition) is 5. The molecule has 166 valence electrons. The van der Waals surface area contributed by atoms with Crippen LogP contribution in [-0.2, 0) is 11.3 Å². The highest BCUT2D eigenvalue weighted by Crippen LogP contribution is 2.34. The highest BCUT2D eigenvalue weighted by molar-refractivity contribution is 8.18. The maximum Gasteiger partial charge on any atom is 0.345 e. The van der Waals surface area contributed by atoms with E-state index in [2.05, 4.69) is 0 Å². The molecule has 0 spiro atoms. The lowest BCUT2D eigenvalue weighted by atomic mass is 10.2. The van der Waals surface area contributed by atoms with E-state index >= 15 is 0 Å². The summed E-state index contributed by atoms with van der Waals surface area (Å²) in [6, 6.07) is 16.8. The van der Waals surface area contributed by atoms with Crippen LogP contribution in [0, 0.1) is 5.82 Å². The maximum atomic E-state index is 13.2. The molecule has 0 aliphatic carbocycles. The number of rotatable bonds is 5. The standard InChI is InChI=1S/C24H14Cl2FNO4S/c25-19-4-2-1-3-18(19)23(30)32-17-9-5-14(6-10-17)11-21-22(29)28(24(31)33-21)13-15-7-8-16(27)12-20(15)26/h1-12H,13H2/b21-11-. The molecule has 1 fully saturated rings. The van der Waals surface area contributed by atoms with Crippen LogP contribution in [0.4, 0.5) is 9.18 Å². The fraction of sp³-hybridized carbons (Fsp3) is 0.0417. The van der Waals surface area contributed by atoms with E-state index in [1.54, 1.807) is 54.6 Å². The zero-order chi connectivity index (χ0) is 23.5. The molecular weight excluding hydrogens is 488 g/mol. The molecule has 0 unspecified atom stereocenters. The second-order valence-corrected chi connectivity index (χ2v) is 8.75. The lowest BCUT2D eigenvalue weighted by molar-refractivity contribution is -0.123. The first-order valence-electron chi connectivity index (χ1n) is 9.58. The minimum Gasteiger partial charge on any atom is -0.423 e. The van der Waals surface area contributed by atoms with Crippen LogP contribution in [0.5, 0.6) is 5.75 Å². The highest BCUT2D eigenvalue weighted by Gasteiger charge is 2.35. The minimum absolute atomic E-state index is 0.0575. The van der Waals surface area contributed by atoms with Crippen LogP contribution in [0.3, 0.4) is 0 Å². The molecule has 9 heteroatoms. The molecule has 1 aliphatic rings. The predicted octanol–water partition coefficient (Wildman–Crippen LogP) is 6.59. The first kappa shape index (κ1) is 23.0. The Morgan fingerprint density at radius 1 is 1.00 bits per heavy atom. The van der Waals surface area contributed by atoms with E-state index in [1.807, 2.05) is 0 Å². The number of ether oxygens (including phenoxy) is 1. The summed E-state index contributed by atoms with van der Waals surface area (Å²) in [6.45, 7) is -0.0575. The van der Waals surface area contributed by atoms with Gasteiger partial charge in [-0.25, -0.2) is 9.18 Å². The number of benzene rings is 3. The van der Waals surface area contributed by atoms with E-state index in [9.17, 15) is 18.8 Å². The van der Waals surface area contributed by atoms with Gasteiger partial charge in [0, 0.05) is 5.02 Å². The molecule has 0 atom stereocenters. The smallest absolute Gasteiger partial charge is 0.345 e. The molecule has 2 amide bonds. The van der Waals surface area contributed by atoms with Crippen molar-refractivity contribution in [2.75, 3.05) is 0 Å². The Kier molecular flexibility index (Phi) is 6.83. The van der Waals surface area contributed by atoms with Crippen molar-refractivity contribution < 1.29 is 23.5 Å². The predicted molar refractivity (Wildman–Crippen MR) is 126 cm³/mol. The van der Waals surface area contributed by atoms with Gasteiger partial charge in [-0.15, -0.1) is 0 Å². The number of imide groups is 1. The summed E-state index contributed by atoms with van der Waals surface area (Å²) in [6.07, 6.45) is 1.57. The number of carbonyl (C=O) groups excluding carboxylic acids is 3. The third-order valence-corrected chi connectivity index (χ3v) is 6.29. The Bertz CT molecular complexity index is 1290. The number of amides is 2. The number of thioether (sulfide) groups is 1. The lowest BCUT2D eigenvalue weighted by Crippen LogP contribution is -2.27. The van der Waals surface area contributed by atoms with E-state index in [1.165, 1.54) is 12.1 Å². The Hall–Kier alpha value is -3.13. The number of carbonyl (C=O) groups is 3. The third-order valence-electron chi connectivity index (χ3n) is 4.70. The number of nitrogens with zero attached hydrogens (tertiary/aromatic N) is 1. The van der Waals surface area contributed by atoms with Gasteiger partial charge in [0.05, 0.1) is 22.0 Å². The van der Waals surface area contributed by atoms with Crippen LogP contribution in [0.1, 0.15) is 21.5 Å². The van der Waals surface area contributed by atoms with Crippen LogP contribution >= 0.6 is 35.0 Å². The number of hydrogen-bond donors (Lipinski definition) is 0. The lowest BCUT2D eigenvalue weighted by Gasteiger charge is -2.13. The van der Waals surface area contributed by atoms with E-state index in [-0.39, 0.29) is 27.1 Å². The van der Waals surface area contributed by atoms with E-state index in [0.29, 0.717) is 16.9 Å². The summed E-state index contributed by atoms with van der Waals surface area (Å²) >= 11 is 12.8. The van der Waals surface area contributed by atoms with Gasteiger partial charge < -0.3 is 4.74 Å². The SMILES string of the molecule is O=C(Oc1ccc(/C=C2\SC(=O)N(Cc3ccc(F)cc3Cl)C2=O)cc1)c1ccccc1Cl. The summed E-state index contributed by atoms with van der Waals surface area (Å²) in [5, 5.41) is -0.0198. The topological polar surface area (TPSA) is 63.7 Å². The molecular formula is C24H14Cl2FNO4S. The van der Waals surface area contributed by atoms with Crippen molar-refractivity contribution in [3.63, 3.8) is 0 Å². The Morgan fingerprint density at radius 2 is 1.73 bits per heavy atom. The molecule has 3 aromatic carbocycles. The third kappa shape index (κ3) is 5.27. The van der Waals surface area contributed by atoms with Crippen molar-refractivity contribution in [3.05, 3.63) is 104 Å². The summed E-state index contributed by atoms with van der Waals surface area (Å²) in [7, 11) is 0. The molecule has 0 saturated carbocycles. The van der Waals surface area contributed by atoms with Crippen molar-refractivity contribution >= 4 is 58.2 Å². The molecule has 1 aliphatic heterocycles. The van der Waals surface area contributed by atoms with E-state index in [4.69, 9.17) is 27.9 Å². The first-order chi connectivity index (χ1) is 15.8. The van der Waals surface area contributed by atoms with Crippen LogP contribution < -0.4 is 4.74 Å².